The third-order valence-corrected chi connectivity index (χ3v) is 6.81. The summed E-state index contributed by atoms with van der Waals surface area (Å²) in [5, 5.41) is 0. The van der Waals surface area contributed by atoms with E-state index in [9.17, 15) is 0 Å². The van der Waals surface area contributed by atoms with Crippen LogP contribution in [0, 0.1) is 16.2 Å². The number of rotatable bonds is 0. The van der Waals surface area contributed by atoms with Gasteiger partial charge in [0, 0.05) is 0 Å². The minimum Gasteiger partial charge on any atom is -0.0698 e. The van der Waals surface area contributed by atoms with E-state index >= 15 is 0 Å². The summed E-state index contributed by atoms with van der Waals surface area (Å²) in [6.07, 6.45) is 1.14. The highest BCUT2D eigenvalue weighted by atomic mass is 14.5. The Hall–Kier alpha value is -0.520. The van der Waals surface area contributed by atoms with Gasteiger partial charge in [0.2, 0.25) is 0 Å². The van der Waals surface area contributed by atoms with Gasteiger partial charge in [0.1, 0.15) is 0 Å². The summed E-state index contributed by atoms with van der Waals surface area (Å²) in [5.41, 5.74) is 6.95. The van der Waals surface area contributed by atoms with Crippen LogP contribution in [0.3, 0.4) is 0 Å². The molecule has 0 atom stereocenters. The Kier molecular flexibility index (Phi) is 3.67. The van der Waals surface area contributed by atoms with Crippen molar-refractivity contribution in [3.05, 3.63) is 22.3 Å². The zero-order valence-corrected chi connectivity index (χ0v) is 14.2. The predicted molar refractivity (Wildman–Crippen MR) is 82.7 cm³/mol. The molecule has 1 aliphatic carbocycles. The van der Waals surface area contributed by atoms with Crippen molar-refractivity contribution in [3.8, 4) is 0 Å². The van der Waals surface area contributed by atoms with Crippen LogP contribution in [0.5, 0.6) is 0 Å². The fourth-order valence-electron chi connectivity index (χ4n) is 3.45. The lowest BCUT2D eigenvalue weighted by atomic mass is 9.49. The first-order valence-electron chi connectivity index (χ1n) is 7.21. The molecule has 1 rings (SSSR count). The SMILES string of the molecule is CC1=C(C)C(C)(C)C(C)(C)C(C)(C)C(C)=C(C)C1. The molecule has 0 aromatic carbocycles. The lowest BCUT2D eigenvalue weighted by molar-refractivity contribution is 0.0275. The lowest BCUT2D eigenvalue weighted by Gasteiger charge is -2.55. The fourth-order valence-corrected chi connectivity index (χ4v) is 3.45. The van der Waals surface area contributed by atoms with Crippen LogP contribution in [0.2, 0.25) is 0 Å². The van der Waals surface area contributed by atoms with Crippen molar-refractivity contribution < 1.29 is 0 Å². The van der Waals surface area contributed by atoms with Gasteiger partial charge in [-0.2, -0.15) is 0 Å². The van der Waals surface area contributed by atoms with E-state index in [-0.39, 0.29) is 16.2 Å². The van der Waals surface area contributed by atoms with Gasteiger partial charge in [0.05, 0.1) is 0 Å². The molecule has 1 aliphatic rings. The van der Waals surface area contributed by atoms with Crippen LogP contribution in [0.4, 0.5) is 0 Å². The van der Waals surface area contributed by atoms with E-state index in [1.54, 1.807) is 22.3 Å². The fraction of sp³-hybridized carbons (Fsp3) is 0.778. The molecule has 104 valence electrons. The second-order valence-electron chi connectivity index (χ2n) is 7.86. The molecule has 0 aromatic heterocycles. The molecule has 0 nitrogen and oxygen atoms in total. The third-order valence-electron chi connectivity index (χ3n) is 6.81. The number of allylic oxidation sites excluding steroid dienone is 4. The molecule has 0 N–H and O–H groups in total. The maximum atomic E-state index is 2.44. The summed E-state index contributed by atoms with van der Waals surface area (Å²) >= 11 is 0. The normalized spacial score (nSPS) is 27.0. The summed E-state index contributed by atoms with van der Waals surface area (Å²) in [4.78, 5) is 0. The average Bonchev–Trinajstić information content (AvgIpc) is 2.24. The molecule has 0 heterocycles. The first kappa shape index (κ1) is 15.5. The highest BCUT2D eigenvalue weighted by Gasteiger charge is 2.50. The van der Waals surface area contributed by atoms with Gasteiger partial charge in [-0.25, -0.2) is 0 Å². The van der Waals surface area contributed by atoms with Crippen LogP contribution in [0.25, 0.3) is 0 Å². The van der Waals surface area contributed by atoms with Crippen molar-refractivity contribution in [2.24, 2.45) is 16.2 Å². The number of hydrogen-bond donors (Lipinski definition) is 0. The Bertz CT molecular complexity index is 373. The minimum absolute atomic E-state index is 0.225. The molecule has 0 saturated carbocycles. The second-order valence-corrected chi connectivity index (χ2v) is 7.86. The zero-order chi connectivity index (χ0) is 14.5. The van der Waals surface area contributed by atoms with E-state index in [1.165, 1.54) is 0 Å². The van der Waals surface area contributed by atoms with E-state index in [4.69, 9.17) is 0 Å². The van der Waals surface area contributed by atoms with Crippen molar-refractivity contribution in [2.75, 3.05) is 0 Å². The molecule has 0 radical (unpaired) electrons. The summed E-state index contributed by atoms with van der Waals surface area (Å²) < 4.78 is 0. The largest absolute Gasteiger partial charge is 0.0698 e. The molecule has 18 heavy (non-hydrogen) atoms. The van der Waals surface area contributed by atoms with Crippen LogP contribution in [-0.4, -0.2) is 0 Å². The third kappa shape index (κ3) is 1.89. The Labute approximate surface area is 115 Å². The molecule has 0 aliphatic heterocycles. The van der Waals surface area contributed by atoms with Crippen molar-refractivity contribution in [1.82, 2.24) is 0 Å². The topological polar surface area (TPSA) is 0 Å². The number of hydrogen-bond acceptors (Lipinski definition) is 0. The quantitative estimate of drug-likeness (QED) is 0.452. The van der Waals surface area contributed by atoms with Gasteiger partial charge < -0.3 is 0 Å². The molecule has 0 spiro atoms. The standard InChI is InChI=1S/C18H32/c1-12-11-13(2)15(4)17(7,8)18(9,10)16(5,6)14(12)3/h11H2,1-10H3. The monoisotopic (exact) mass is 248 g/mol. The van der Waals surface area contributed by atoms with Crippen molar-refractivity contribution in [2.45, 2.75) is 75.7 Å². The highest BCUT2D eigenvalue weighted by molar-refractivity contribution is 5.34. The molecule has 0 amide bonds. The van der Waals surface area contributed by atoms with Crippen LogP contribution >= 0.6 is 0 Å². The van der Waals surface area contributed by atoms with Crippen molar-refractivity contribution in [3.63, 3.8) is 0 Å². The highest BCUT2D eigenvalue weighted by Crippen LogP contribution is 2.59. The smallest absolute Gasteiger partial charge is 0.00854 e. The van der Waals surface area contributed by atoms with Gasteiger partial charge in [-0.1, -0.05) is 63.8 Å². The molecule has 0 heteroatoms. The van der Waals surface area contributed by atoms with Gasteiger partial charge >= 0.3 is 0 Å². The summed E-state index contributed by atoms with van der Waals surface area (Å²) in [5.74, 6) is 0. The first-order chi connectivity index (χ1) is 7.87. The van der Waals surface area contributed by atoms with Crippen molar-refractivity contribution in [1.29, 1.82) is 0 Å². The van der Waals surface area contributed by atoms with Crippen LogP contribution in [-0.2, 0) is 0 Å². The molecular formula is C18H32. The molecule has 0 aromatic rings. The van der Waals surface area contributed by atoms with Gasteiger partial charge in [-0.05, 0) is 50.4 Å². The summed E-state index contributed by atoms with van der Waals surface area (Å²) in [6, 6.07) is 0. The van der Waals surface area contributed by atoms with Gasteiger partial charge in [-0.15, -0.1) is 0 Å². The molecule has 0 fully saturated rings. The van der Waals surface area contributed by atoms with Gasteiger partial charge in [0.25, 0.3) is 0 Å². The van der Waals surface area contributed by atoms with Crippen LogP contribution < -0.4 is 0 Å². The maximum Gasteiger partial charge on any atom is -0.00854 e. The molecule has 0 bridgehead atoms. The molecular weight excluding hydrogens is 216 g/mol. The van der Waals surface area contributed by atoms with Gasteiger partial charge in [0.15, 0.2) is 0 Å². The Morgan fingerprint density at radius 2 is 0.889 bits per heavy atom. The van der Waals surface area contributed by atoms with E-state index in [2.05, 4.69) is 69.2 Å². The van der Waals surface area contributed by atoms with E-state index < -0.39 is 0 Å². The predicted octanol–water partition coefficient (Wildman–Crippen LogP) is 6.14. The van der Waals surface area contributed by atoms with Crippen LogP contribution in [0.15, 0.2) is 22.3 Å². The Morgan fingerprint density at radius 1 is 0.611 bits per heavy atom. The van der Waals surface area contributed by atoms with E-state index in [1.807, 2.05) is 0 Å². The average molecular weight is 248 g/mol. The molecule has 0 unspecified atom stereocenters. The Morgan fingerprint density at radius 3 is 1.17 bits per heavy atom. The Balaban J connectivity index is 3.63. The van der Waals surface area contributed by atoms with E-state index in [0.29, 0.717) is 0 Å². The summed E-state index contributed by atoms with van der Waals surface area (Å²) in [7, 11) is 0. The first-order valence-corrected chi connectivity index (χ1v) is 7.21. The minimum atomic E-state index is 0.225. The second kappa shape index (κ2) is 4.25. The molecule has 0 saturated heterocycles. The summed E-state index contributed by atoms with van der Waals surface area (Å²) in [6.45, 7) is 23.8. The van der Waals surface area contributed by atoms with E-state index in [0.717, 1.165) is 6.42 Å². The maximum absolute atomic E-state index is 2.44. The van der Waals surface area contributed by atoms with Crippen LogP contribution in [0.1, 0.15) is 75.7 Å². The van der Waals surface area contributed by atoms with Gasteiger partial charge in [-0.3, -0.25) is 0 Å². The lowest BCUT2D eigenvalue weighted by Crippen LogP contribution is -2.47. The van der Waals surface area contributed by atoms with Crippen molar-refractivity contribution >= 4 is 0 Å². The zero-order valence-electron chi connectivity index (χ0n) is 14.2.